The number of rotatable bonds is 5. The van der Waals surface area contributed by atoms with Crippen LogP contribution in [0.15, 0.2) is 50.9 Å². The van der Waals surface area contributed by atoms with Gasteiger partial charge in [-0.05, 0) is 29.8 Å². The minimum Gasteiger partial charge on any atom is -0.350 e. The van der Waals surface area contributed by atoms with Gasteiger partial charge in [0.1, 0.15) is 16.7 Å². The summed E-state index contributed by atoms with van der Waals surface area (Å²) in [7, 11) is -4.49. The van der Waals surface area contributed by atoms with E-state index < -0.39 is 37.8 Å². The average Bonchev–Trinajstić information content (AvgIpc) is 2.68. The second kappa shape index (κ2) is 7.76. The third-order valence-electron chi connectivity index (χ3n) is 4.73. The van der Waals surface area contributed by atoms with E-state index >= 15 is 0 Å². The zero-order chi connectivity index (χ0) is 22.3. The molecular weight excluding hydrogens is 448 g/mol. The molecule has 0 bridgehead atoms. The number of nitrogens with zero attached hydrogens (tertiary/aromatic N) is 2. The Morgan fingerprint density at radius 3 is 2.58 bits per heavy atom. The summed E-state index contributed by atoms with van der Waals surface area (Å²) in [5.41, 5.74) is -1.87. The van der Waals surface area contributed by atoms with Crippen LogP contribution in [0.2, 0.25) is 5.02 Å². The standard InChI is InChI=1S/C19H15ClN4O6S/c20-11-7-10(9-31(28,29)30)14-13(8-11)22-16-15(17(14)25)19(27)24(23-18(16)26)6-4-12-3-1-2-5-21-12/h1-3,5,7-8H,4,6,9H2,(H,22,25)(H,23,26)(H,28,29,30). The average molecular weight is 463 g/mol. The topological polar surface area (TPSA) is 155 Å². The van der Waals surface area contributed by atoms with Gasteiger partial charge < -0.3 is 4.98 Å². The van der Waals surface area contributed by atoms with Crippen molar-refractivity contribution in [3.63, 3.8) is 0 Å². The highest BCUT2D eigenvalue weighted by atomic mass is 35.5. The summed E-state index contributed by atoms with van der Waals surface area (Å²) in [6, 6.07) is 7.83. The molecule has 0 aliphatic rings. The van der Waals surface area contributed by atoms with Crippen LogP contribution in [-0.4, -0.2) is 32.7 Å². The van der Waals surface area contributed by atoms with Crippen LogP contribution < -0.4 is 16.5 Å². The number of halogens is 1. The molecule has 0 unspecified atom stereocenters. The van der Waals surface area contributed by atoms with Crippen molar-refractivity contribution in [1.29, 1.82) is 0 Å². The molecule has 1 aromatic carbocycles. The molecule has 4 aromatic rings. The third-order valence-corrected chi connectivity index (χ3v) is 5.62. The highest BCUT2D eigenvalue weighted by Gasteiger charge is 2.19. The maximum absolute atomic E-state index is 13.2. The fraction of sp³-hybridized carbons (Fsp3) is 0.158. The number of hydrogen-bond donors (Lipinski definition) is 3. The van der Waals surface area contributed by atoms with Crippen molar-refractivity contribution < 1.29 is 13.0 Å². The van der Waals surface area contributed by atoms with Crippen molar-refractivity contribution in [2.45, 2.75) is 18.7 Å². The molecule has 0 amide bonds. The highest BCUT2D eigenvalue weighted by molar-refractivity contribution is 7.85. The van der Waals surface area contributed by atoms with E-state index in [1.54, 1.807) is 24.4 Å². The first kappa shape index (κ1) is 21.0. The molecule has 3 heterocycles. The number of benzene rings is 1. The largest absolute Gasteiger partial charge is 0.350 e. The monoisotopic (exact) mass is 462 g/mol. The Hall–Kier alpha value is -3.28. The van der Waals surface area contributed by atoms with Gasteiger partial charge in [-0.2, -0.15) is 8.42 Å². The number of H-pyrrole nitrogens is 2. The molecule has 0 atom stereocenters. The summed E-state index contributed by atoms with van der Waals surface area (Å²) in [4.78, 5) is 45.6. The van der Waals surface area contributed by atoms with Gasteiger partial charge in [-0.1, -0.05) is 17.7 Å². The molecule has 31 heavy (non-hydrogen) atoms. The van der Waals surface area contributed by atoms with Gasteiger partial charge in [0.25, 0.3) is 21.2 Å². The summed E-state index contributed by atoms with van der Waals surface area (Å²) >= 11 is 6.00. The van der Waals surface area contributed by atoms with Gasteiger partial charge in [0.15, 0.2) is 0 Å². The number of pyridine rings is 2. The van der Waals surface area contributed by atoms with Gasteiger partial charge in [-0.15, -0.1) is 0 Å². The molecular formula is C19H15ClN4O6S. The minimum absolute atomic E-state index is 0.0665. The van der Waals surface area contributed by atoms with Crippen molar-refractivity contribution in [2.75, 3.05) is 0 Å². The summed E-state index contributed by atoms with van der Waals surface area (Å²) < 4.78 is 33.0. The van der Waals surface area contributed by atoms with Gasteiger partial charge in [-0.25, -0.2) is 4.68 Å². The lowest BCUT2D eigenvalue weighted by Crippen LogP contribution is -2.34. The summed E-state index contributed by atoms with van der Waals surface area (Å²) in [6.07, 6.45) is 1.93. The van der Waals surface area contributed by atoms with Crippen molar-refractivity contribution in [3.05, 3.63) is 83.7 Å². The zero-order valence-electron chi connectivity index (χ0n) is 15.8. The molecule has 0 fully saturated rings. The lowest BCUT2D eigenvalue weighted by atomic mass is 10.1. The fourth-order valence-corrected chi connectivity index (χ4v) is 4.31. The first-order valence-electron chi connectivity index (χ1n) is 9.00. The molecule has 10 nitrogen and oxygen atoms in total. The van der Waals surface area contributed by atoms with E-state index in [0.717, 1.165) is 4.68 Å². The van der Waals surface area contributed by atoms with Gasteiger partial charge in [0.2, 0.25) is 5.43 Å². The lowest BCUT2D eigenvalue weighted by molar-refractivity contribution is 0.482. The van der Waals surface area contributed by atoms with Crippen LogP contribution in [0.1, 0.15) is 11.3 Å². The molecule has 3 aromatic heterocycles. The van der Waals surface area contributed by atoms with E-state index in [0.29, 0.717) is 12.1 Å². The number of nitrogens with one attached hydrogen (secondary N) is 2. The molecule has 0 aliphatic carbocycles. The number of hydrogen-bond acceptors (Lipinski definition) is 6. The highest BCUT2D eigenvalue weighted by Crippen LogP contribution is 2.23. The summed E-state index contributed by atoms with van der Waals surface area (Å²) in [5, 5.41) is 1.95. The molecule has 0 aliphatic heterocycles. The van der Waals surface area contributed by atoms with E-state index in [9.17, 15) is 27.4 Å². The van der Waals surface area contributed by atoms with E-state index in [4.69, 9.17) is 11.6 Å². The van der Waals surface area contributed by atoms with Crippen LogP contribution in [0.5, 0.6) is 0 Å². The number of fused-ring (bicyclic) bond motifs is 2. The summed E-state index contributed by atoms with van der Waals surface area (Å²) in [6.45, 7) is 0.0665. The number of aryl methyl sites for hydroxylation is 2. The van der Waals surface area contributed by atoms with Gasteiger partial charge in [-0.3, -0.25) is 29.0 Å². The van der Waals surface area contributed by atoms with Crippen LogP contribution >= 0.6 is 11.6 Å². The van der Waals surface area contributed by atoms with E-state index in [1.165, 1.54) is 12.1 Å². The quantitative estimate of drug-likeness (QED) is 0.297. The van der Waals surface area contributed by atoms with Crippen molar-refractivity contribution >= 4 is 43.5 Å². The second-order valence-corrected chi connectivity index (χ2v) is 8.78. The molecule has 0 saturated carbocycles. The maximum Gasteiger partial charge on any atom is 0.287 e. The zero-order valence-corrected chi connectivity index (χ0v) is 17.3. The number of aromatic nitrogens is 4. The number of aromatic amines is 2. The van der Waals surface area contributed by atoms with Crippen molar-refractivity contribution in [1.82, 2.24) is 19.7 Å². The lowest BCUT2D eigenvalue weighted by Gasteiger charge is -2.10. The Balaban J connectivity index is 1.96. The molecule has 0 saturated heterocycles. The van der Waals surface area contributed by atoms with Crippen LogP contribution in [0, 0.1) is 0 Å². The maximum atomic E-state index is 13.2. The van der Waals surface area contributed by atoms with Gasteiger partial charge in [0.05, 0.1) is 10.9 Å². The molecule has 160 valence electrons. The Bertz CT molecular complexity index is 1610. The van der Waals surface area contributed by atoms with Crippen LogP contribution in [0.4, 0.5) is 0 Å². The second-order valence-electron chi connectivity index (χ2n) is 6.89. The molecule has 12 heteroatoms. The smallest absolute Gasteiger partial charge is 0.287 e. The molecule has 0 radical (unpaired) electrons. The van der Waals surface area contributed by atoms with Crippen LogP contribution in [-0.2, 0) is 28.8 Å². The Labute approximate surface area is 178 Å². The Morgan fingerprint density at radius 1 is 1.13 bits per heavy atom. The van der Waals surface area contributed by atoms with Crippen molar-refractivity contribution in [3.8, 4) is 0 Å². The third kappa shape index (κ3) is 4.15. The van der Waals surface area contributed by atoms with E-state index in [2.05, 4.69) is 15.1 Å². The predicted octanol–water partition coefficient (Wildman–Crippen LogP) is 1.21. The molecule has 0 spiro atoms. The van der Waals surface area contributed by atoms with E-state index in [1.807, 2.05) is 0 Å². The fourth-order valence-electron chi connectivity index (χ4n) is 3.44. The summed E-state index contributed by atoms with van der Waals surface area (Å²) in [5.74, 6) is -0.879. The normalized spacial score (nSPS) is 11.9. The minimum atomic E-state index is -4.49. The first-order valence-corrected chi connectivity index (χ1v) is 11.0. The SMILES string of the molecule is O=c1[nH]n(CCc2ccccn2)c(=O)c2c(=O)c3c(CS(=O)(=O)O)cc(Cl)cc3[nH]c12. The predicted molar refractivity (Wildman–Crippen MR) is 115 cm³/mol. The van der Waals surface area contributed by atoms with Crippen LogP contribution in [0.25, 0.3) is 21.8 Å². The van der Waals surface area contributed by atoms with E-state index in [-0.39, 0.29) is 33.6 Å². The Morgan fingerprint density at radius 2 is 1.90 bits per heavy atom. The van der Waals surface area contributed by atoms with Gasteiger partial charge in [0, 0.05) is 29.9 Å². The van der Waals surface area contributed by atoms with Crippen LogP contribution in [0.3, 0.4) is 0 Å². The molecule has 3 N–H and O–H groups in total. The Kier molecular flexibility index (Phi) is 5.25. The van der Waals surface area contributed by atoms with Gasteiger partial charge >= 0.3 is 0 Å². The first-order chi connectivity index (χ1) is 14.6. The molecule has 4 rings (SSSR count). The van der Waals surface area contributed by atoms with Crippen molar-refractivity contribution in [2.24, 2.45) is 0 Å².